The van der Waals surface area contributed by atoms with E-state index in [2.05, 4.69) is 56.2 Å². The zero-order valence-electron chi connectivity index (χ0n) is 10.1. The summed E-state index contributed by atoms with van der Waals surface area (Å²) in [5, 5.41) is 3.52. The van der Waals surface area contributed by atoms with E-state index in [0.29, 0.717) is 0 Å². The zero-order chi connectivity index (χ0) is 11.1. The summed E-state index contributed by atoms with van der Waals surface area (Å²) < 4.78 is 0. The van der Waals surface area contributed by atoms with Crippen molar-refractivity contribution in [1.82, 2.24) is 0 Å². The SMILES string of the molecule is CCc1ccc2c(c1)NCC(C)(C)N2C. The van der Waals surface area contributed by atoms with Crippen molar-refractivity contribution in [1.29, 1.82) is 0 Å². The predicted molar refractivity (Wildman–Crippen MR) is 66.8 cm³/mol. The van der Waals surface area contributed by atoms with Crippen LogP contribution in [0.4, 0.5) is 11.4 Å². The maximum absolute atomic E-state index is 3.52. The Morgan fingerprint density at radius 2 is 2.13 bits per heavy atom. The minimum absolute atomic E-state index is 0.195. The van der Waals surface area contributed by atoms with Crippen LogP contribution >= 0.6 is 0 Å². The quantitative estimate of drug-likeness (QED) is 0.756. The molecule has 0 saturated heterocycles. The van der Waals surface area contributed by atoms with Crippen molar-refractivity contribution in [3.8, 4) is 0 Å². The van der Waals surface area contributed by atoms with E-state index in [1.54, 1.807) is 0 Å². The predicted octanol–water partition coefficient (Wildman–Crippen LogP) is 2.89. The van der Waals surface area contributed by atoms with Crippen LogP contribution in [0.25, 0.3) is 0 Å². The summed E-state index contributed by atoms with van der Waals surface area (Å²) in [6.07, 6.45) is 1.10. The number of rotatable bonds is 1. The Morgan fingerprint density at radius 1 is 1.40 bits per heavy atom. The van der Waals surface area contributed by atoms with E-state index in [-0.39, 0.29) is 5.54 Å². The molecule has 15 heavy (non-hydrogen) atoms. The van der Waals surface area contributed by atoms with Crippen molar-refractivity contribution in [3.05, 3.63) is 23.8 Å². The molecule has 0 fully saturated rings. The van der Waals surface area contributed by atoms with Crippen molar-refractivity contribution in [2.45, 2.75) is 32.7 Å². The van der Waals surface area contributed by atoms with Crippen LogP contribution in [0.3, 0.4) is 0 Å². The first-order valence-electron chi connectivity index (χ1n) is 5.65. The molecule has 1 aromatic rings. The maximum Gasteiger partial charge on any atom is 0.0604 e. The van der Waals surface area contributed by atoms with Gasteiger partial charge in [0, 0.05) is 13.6 Å². The number of fused-ring (bicyclic) bond motifs is 1. The molecule has 1 heterocycles. The van der Waals surface area contributed by atoms with Gasteiger partial charge in [-0.3, -0.25) is 0 Å². The smallest absolute Gasteiger partial charge is 0.0604 e. The molecule has 0 unspecified atom stereocenters. The summed E-state index contributed by atoms with van der Waals surface area (Å²) in [5.41, 5.74) is 4.18. The molecular weight excluding hydrogens is 184 g/mol. The molecule has 2 rings (SSSR count). The lowest BCUT2D eigenvalue weighted by Crippen LogP contribution is -2.50. The highest BCUT2D eigenvalue weighted by Gasteiger charge is 2.29. The number of likely N-dealkylation sites (N-methyl/N-ethyl adjacent to an activating group) is 1. The molecule has 82 valence electrons. The van der Waals surface area contributed by atoms with Crippen molar-refractivity contribution in [3.63, 3.8) is 0 Å². The number of aryl methyl sites for hydroxylation is 1. The van der Waals surface area contributed by atoms with Crippen LogP contribution in [0.1, 0.15) is 26.3 Å². The van der Waals surface area contributed by atoms with E-state index in [1.165, 1.54) is 16.9 Å². The van der Waals surface area contributed by atoms with Gasteiger partial charge in [-0.1, -0.05) is 13.0 Å². The van der Waals surface area contributed by atoms with Gasteiger partial charge in [0.15, 0.2) is 0 Å². The van der Waals surface area contributed by atoms with Crippen molar-refractivity contribution < 1.29 is 0 Å². The van der Waals surface area contributed by atoms with Gasteiger partial charge in [-0.15, -0.1) is 0 Å². The minimum atomic E-state index is 0.195. The Kier molecular flexibility index (Phi) is 2.37. The fraction of sp³-hybridized carbons (Fsp3) is 0.538. The minimum Gasteiger partial charge on any atom is -0.381 e. The van der Waals surface area contributed by atoms with Crippen LogP contribution < -0.4 is 10.2 Å². The molecule has 2 heteroatoms. The number of benzene rings is 1. The standard InChI is InChI=1S/C13H20N2/c1-5-10-6-7-12-11(8-10)14-9-13(2,3)15(12)4/h6-8,14H,5,9H2,1-4H3. The average Bonchev–Trinajstić information content (AvgIpc) is 2.23. The summed E-state index contributed by atoms with van der Waals surface area (Å²) in [7, 11) is 2.17. The molecule has 1 aliphatic heterocycles. The number of anilines is 2. The summed E-state index contributed by atoms with van der Waals surface area (Å²) in [5.74, 6) is 0. The van der Waals surface area contributed by atoms with Crippen molar-refractivity contribution >= 4 is 11.4 Å². The molecular formula is C13H20N2. The molecule has 1 aromatic carbocycles. The third kappa shape index (κ3) is 1.69. The summed E-state index contributed by atoms with van der Waals surface area (Å²) in [4.78, 5) is 2.36. The molecule has 0 saturated carbocycles. The molecule has 0 bridgehead atoms. The monoisotopic (exact) mass is 204 g/mol. The largest absolute Gasteiger partial charge is 0.381 e. The van der Waals surface area contributed by atoms with E-state index in [0.717, 1.165) is 13.0 Å². The normalized spacial score (nSPS) is 18.3. The highest BCUT2D eigenvalue weighted by molar-refractivity contribution is 5.74. The lowest BCUT2D eigenvalue weighted by Gasteiger charge is -2.43. The number of nitrogens with one attached hydrogen (secondary N) is 1. The highest BCUT2D eigenvalue weighted by Crippen LogP contribution is 2.35. The van der Waals surface area contributed by atoms with Gasteiger partial charge < -0.3 is 10.2 Å². The molecule has 2 nitrogen and oxygen atoms in total. The Morgan fingerprint density at radius 3 is 2.80 bits per heavy atom. The fourth-order valence-corrected chi connectivity index (χ4v) is 1.99. The van der Waals surface area contributed by atoms with Gasteiger partial charge in [0.1, 0.15) is 0 Å². The van der Waals surface area contributed by atoms with E-state index in [9.17, 15) is 0 Å². The van der Waals surface area contributed by atoms with Crippen molar-refractivity contribution in [2.24, 2.45) is 0 Å². The topological polar surface area (TPSA) is 15.3 Å². The number of nitrogens with zero attached hydrogens (tertiary/aromatic N) is 1. The van der Waals surface area contributed by atoms with E-state index in [4.69, 9.17) is 0 Å². The summed E-state index contributed by atoms with van der Waals surface area (Å²) >= 11 is 0. The molecule has 0 atom stereocenters. The second kappa shape index (κ2) is 3.44. The average molecular weight is 204 g/mol. The second-order valence-electron chi connectivity index (χ2n) is 4.93. The van der Waals surface area contributed by atoms with Gasteiger partial charge >= 0.3 is 0 Å². The molecule has 1 N–H and O–H groups in total. The van der Waals surface area contributed by atoms with Crippen LogP contribution in [-0.4, -0.2) is 19.1 Å². The van der Waals surface area contributed by atoms with Crippen LogP contribution in [0.5, 0.6) is 0 Å². The molecule has 1 aliphatic rings. The first kappa shape index (κ1) is 10.3. The van der Waals surface area contributed by atoms with Gasteiger partial charge in [0.2, 0.25) is 0 Å². The maximum atomic E-state index is 3.52. The zero-order valence-corrected chi connectivity index (χ0v) is 10.1. The summed E-state index contributed by atoms with van der Waals surface area (Å²) in [6.45, 7) is 7.72. The Balaban J connectivity index is 2.42. The van der Waals surface area contributed by atoms with Gasteiger partial charge in [-0.25, -0.2) is 0 Å². The number of hydrogen-bond donors (Lipinski definition) is 1. The van der Waals surface area contributed by atoms with E-state index >= 15 is 0 Å². The van der Waals surface area contributed by atoms with Crippen LogP contribution in [0.2, 0.25) is 0 Å². The van der Waals surface area contributed by atoms with Crippen LogP contribution in [-0.2, 0) is 6.42 Å². The fourth-order valence-electron chi connectivity index (χ4n) is 1.99. The molecule has 0 aromatic heterocycles. The van der Waals surface area contributed by atoms with E-state index < -0.39 is 0 Å². The Labute approximate surface area is 92.3 Å². The highest BCUT2D eigenvalue weighted by atomic mass is 15.2. The summed E-state index contributed by atoms with van der Waals surface area (Å²) in [6, 6.07) is 6.71. The lowest BCUT2D eigenvalue weighted by atomic mass is 9.97. The van der Waals surface area contributed by atoms with Crippen LogP contribution in [0.15, 0.2) is 18.2 Å². The third-order valence-electron chi connectivity index (χ3n) is 3.45. The van der Waals surface area contributed by atoms with Gasteiger partial charge in [0.25, 0.3) is 0 Å². The molecule has 0 aliphatic carbocycles. The first-order valence-corrected chi connectivity index (χ1v) is 5.65. The van der Waals surface area contributed by atoms with Crippen molar-refractivity contribution in [2.75, 3.05) is 23.8 Å². The van der Waals surface area contributed by atoms with Gasteiger partial charge in [-0.05, 0) is 38.0 Å². The molecule has 0 spiro atoms. The second-order valence-corrected chi connectivity index (χ2v) is 4.93. The van der Waals surface area contributed by atoms with Gasteiger partial charge in [0.05, 0.1) is 16.9 Å². The number of hydrogen-bond acceptors (Lipinski definition) is 2. The Hall–Kier alpha value is -1.18. The lowest BCUT2D eigenvalue weighted by molar-refractivity contribution is 0.502. The molecule has 0 radical (unpaired) electrons. The van der Waals surface area contributed by atoms with E-state index in [1.807, 2.05) is 0 Å². The first-order chi connectivity index (χ1) is 7.04. The van der Waals surface area contributed by atoms with Crippen LogP contribution in [0, 0.1) is 0 Å². The van der Waals surface area contributed by atoms with Gasteiger partial charge in [-0.2, -0.15) is 0 Å². The molecule has 0 amide bonds. The Bertz CT molecular complexity index is 369. The third-order valence-corrected chi connectivity index (χ3v) is 3.45.